The van der Waals surface area contributed by atoms with E-state index in [1.54, 1.807) is 27.7 Å². The molecule has 0 radical (unpaired) electrons. The molecule has 1 aliphatic rings. The highest BCUT2D eigenvalue weighted by atomic mass is 19.4. The first kappa shape index (κ1) is 18.1. The molecule has 0 aliphatic carbocycles. The van der Waals surface area contributed by atoms with Gasteiger partial charge in [0.15, 0.2) is 0 Å². The lowest BCUT2D eigenvalue weighted by atomic mass is 9.96. The van der Waals surface area contributed by atoms with Gasteiger partial charge in [0.05, 0.1) is 16.7 Å². The fourth-order valence-electron chi connectivity index (χ4n) is 2.04. The molecule has 7 heteroatoms. The van der Waals surface area contributed by atoms with Crippen molar-refractivity contribution in [3.05, 3.63) is 23.4 Å². The van der Waals surface area contributed by atoms with Crippen molar-refractivity contribution >= 4 is 5.97 Å². The van der Waals surface area contributed by atoms with Gasteiger partial charge in [-0.25, -0.2) is 4.79 Å². The zero-order valence-corrected chi connectivity index (χ0v) is 12.8. The summed E-state index contributed by atoms with van der Waals surface area (Å²) in [5, 5.41) is 12.2. The maximum absolute atomic E-state index is 13.0. The van der Waals surface area contributed by atoms with Gasteiger partial charge in [0.2, 0.25) is 0 Å². The highest BCUT2D eigenvalue weighted by molar-refractivity contribution is 5.89. The van der Waals surface area contributed by atoms with E-state index < -0.39 is 35.0 Å². The molecule has 1 unspecified atom stereocenters. The van der Waals surface area contributed by atoms with E-state index in [-0.39, 0.29) is 6.04 Å². The van der Waals surface area contributed by atoms with Crippen molar-refractivity contribution in [1.82, 2.24) is 10.2 Å². The Bertz CT molecular complexity index is 554. The standard InChI is InChI=1S/C15H19F3N2O2/c1-6-14(4,5)20-8-10(15(16,17)18)7-11(13(21)22)12(20)19-9(2)3/h1,7-9,12,19H,2-5H3,(H,21,22). The van der Waals surface area contributed by atoms with Gasteiger partial charge in [0, 0.05) is 12.2 Å². The molecular weight excluding hydrogens is 297 g/mol. The molecule has 2 N–H and O–H groups in total. The molecule has 1 atom stereocenters. The number of nitrogens with zero attached hydrogens (tertiary/aromatic N) is 1. The minimum atomic E-state index is -4.66. The summed E-state index contributed by atoms with van der Waals surface area (Å²) in [7, 11) is 0. The molecule has 0 aromatic rings. The van der Waals surface area contributed by atoms with Crippen molar-refractivity contribution in [3.8, 4) is 12.3 Å². The first-order chi connectivity index (χ1) is 9.90. The number of hydrogen-bond acceptors (Lipinski definition) is 3. The number of nitrogens with one attached hydrogen (secondary N) is 1. The molecule has 0 bridgehead atoms. The average molecular weight is 316 g/mol. The van der Waals surface area contributed by atoms with Crippen LogP contribution in [0.3, 0.4) is 0 Å². The number of carbonyl (C=O) groups is 1. The third-order valence-corrected chi connectivity index (χ3v) is 3.23. The maximum Gasteiger partial charge on any atom is 0.417 e. The summed E-state index contributed by atoms with van der Waals surface area (Å²) in [6, 6.07) is -0.148. The Morgan fingerprint density at radius 3 is 2.36 bits per heavy atom. The minimum absolute atomic E-state index is 0.148. The van der Waals surface area contributed by atoms with E-state index >= 15 is 0 Å². The van der Waals surface area contributed by atoms with Crippen LogP contribution in [-0.2, 0) is 4.79 Å². The number of carboxylic acid groups (broad SMARTS) is 1. The first-order valence-corrected chi connectivity index (χ1v) is 6.66. The largest absolute Gasteiger partial charge is 0.478 e. The third kappa shape index (κ3) is 3.83. The molecule has 0 aromatic carbocycles. The summed E-state index contributed by atoms with van der Waals surface area (Å²) in [5.74, 6) is 0.974. The average Bonchev–Trinajstić information content (AvgIpc) is 2.36. The summed E-state index contributed by atoms with van der Waals surface area (Å²) in [6.45, 7) is 6.64. The van der Waals surface area contributed by atoms with E-state index in [1.165, 1.54) is 4.90 Å². The first-order valence-electron chi connectivity index (χ1n) is 6.66. The van der Waals surface area contributed by atoms with Crippen LogP contribution in [0, 0.1) is 12.3 Å². The van der Waals surface area contributed by atoms with Crippen molar-refractivity contribution in [1.29, 1.82) is 0 Å². The highest BCUT2D eigenvalue weighted by Gasteiger charge is 2.42. The van der Waals surface area contributed by atoms with Crippen LogP contribution in [0.2, 0.25) is 0 Å². The molecule has 0 aromatic heterocycles. The number of aliphatic carboxylic acids is 1. The normalized spacial score (nSPS) is 19.6. The Balaban J connectivity index is 3.47. The Kier molecular flexibility index (Phi) is 4.98. The van der Waals surface area contributed by atoms with Crippen LogP contribution in [0.1, 0.15) is 27.7 Å². The number of halogens is 3. The van der Waals surface area contributed by atoms with Crippen molar-refractivity contribution in [2.45, 2.75) is 51.6 Å². The molecule has 0 saturated carbocycles. The van der Waals surface area contributed by atoms with Gasteiger partial charge >= 0.3 is 12.1 Å². The number of allylic oxidation sites excluding steroid dienone is 2. The molecule has 0 saturated heterocycles. The number of carboxylic acids is 1. The fraction of sp³-hybridized carbons (Fsp3) is 0.533. The van der Waals surface area contributed by atoms with Crippen LogP contribution in [0.4, 0.5) is 13.2 Å². The quantitative estimate of drug-likeness (QED) is 0.783. The molecule has 4 nitrogen and oxygen atoms in total. The van der Waals surface area contributed by atoms with E-state index in [0.29, 0.717) is 6.08 Å². The predicted molar refractivity (Wildman–Crippen MR) is 76.7 cm³/mol. The second-order valence-corrected chi connectivity index (χ2v) is 5.82. The Morgan fingerprint density at radius 2 is 2.00 bits per heavy atom. The molecule has 0 fully saturated rings. The summed E-state index contributed by atoms with van der Waals surface area (Å²) >= 11 is 0. The number of hydrogen-bond donors (Lipinski definition) is 2. The van der Waals surface area contributed by atoms with Gasteiger partial charge in [-0.1, -0.05) is 5.92 Å². The van der Waals surface area contributed by atoms with Crippen molar-refractivity contribution in [3.63, 3.8) is 0 Å². The molecular formula is C15H19F3N2O2. The number of terminal acetylenes is 1. The van der Waals surface area contributed by atoms with E-state index in [2.05, 4.69) is 11.2 Å². The monoisotopic (exact) mass is 316 g/mol. The van der Waals surface area contributed by atoms with Gasteiger partial charge in [-0.15, -0.1) is 6.42 Å². The van der Waals surface area contributed by atoms with E-state index in [1.807, 2.05) is 0 Å². The zero-order chi connectivity index (χ0) is 17.3. The Hall–Kier alpha value is -1.94. The second-order valence-electron chi connectivity index (χ2n) is 5.82. The Morgan fingerprint density at radius 1 is 1.45 bits per heavy atom. The lowest BCUT2D eigenvalue weighted by molar-refractivity contribution is -0.133. The van der Waals surface area contributed by atoms with Gasteiger partial charge in [-0.2, -0.15) is 13.2 Å². The van der Waals surface area contributed by atoms with Crippen LogP contribution < -0.4 is 5.32 Å². The topological polar surface area (TPSA) is 52.6 Å². The van der Waals surface area contributed by atoms with Gasteiger partial charge in [-0.05, 0) is 33.8 Å². The van der Waals surface area contributed by atoms with Crippen molar-refractivity contribution < 1.29 is 23.1 Å². The van der Waals surface area contributed by atoms with Crippen LogP contribution in [-0.4, -0.2) is 39.9 Å². The van der Waals surface area contributed by atoms with Crippen LogP contribution in [0.15, 0.2) is 23.4 Å². The van der Waals surface area contributed by atoms with E-state index in [9.17, 15) is 23.1 Å². The zero-order valence-electron chi connectivity index (χ0n) is 12.8. The third-order valence-electron chi connectivity index (χ3n) is 3.23. The Labute approximate surface area is 127 Å². The SMILES string of the molecule is C#CC(C)(C)N1C=C(C(F)(F)F)C=C(C(=O)O)C1NC(C)C. The minimum Gasteiger partial charge on any atom is -0.478 e. The molecule has 22 heavy (non-hydrogen) atoms. The number of alkyl halides is 3. The smallest absolute Gasteiger partial charge is 0.417 e. The molecule has 1 rings (SSSR count). The van der Waals surface area contributed by atoms with Gasteiger partial charge in [0.25, 0.3) is 0 Å². The van der Waals surface area contributed by atoms with Crippen LogP contribution in [0.5, 0.6) is 0 Å². The molecule has 1 aliphatic heterocycles. The van der Waals surface area contributed by atoms with Gasteiger partial charge < -0.3 is 10.0 Å². The summed E-state index contributed by atoms with van der Waals surface area (Å²) in [4.78, 5) is 12.6. The van der Waals surface area contributed by atoms with Gasteiger partial charge in [0.1, 0.15) is 6.17 Å². The molecule has 0 amide bonds. The van der Waals surface area contributed by atoms with Crippen molar-refractivity contribution in [2.75, 3.05) is 0 Å². The lowest BCUT2D eigenvalue weighted by Crippen LogP contribution is -2.57. The fourth-order valence-corrected chi connectivity index (χ4v) is 2.04. The molecule has 122 valence electrons. The van der Waals surface area contributed by atoms with E-state index in [4.69, 9.17) is 6.42 Å². The van der Waals surface area contributed by atoms with Crippen LogP contribution in [0.25, 0.3) is 0 Å². The number of rotatable bonds is 4. The molecule has 0 spiro atoms. The summed E-state index contributed by atoms with van der Waals surface area (Å²) in [5.41, 5.74) is -2.54. The van der Waals surface area contributed by atoms with Gasteiger partial charge in [-0.3, -0.25) is 5.32 Å². The summed E-state index contributed by atoms with van der Waals surface area (Å²) < 4.78 is 39.1. The van der Waals surface area contributed by atoms with Crippen molar-refractivity contribution in [2.24, 2.45) is 0 Å². The highest BCUT2D eigenvalue weighted by Crippen LogP contribution is 2.35. The predicted octanol–water partition coefficient (Wildman–Crippen LogP) is 2.50. The van der Waals surface area contributed by atoms with Crippen LogP contribution >= 0.6 is 0 Å². The summed E-state index contributed by atoms with van der Waals surface area (Å²) in [6.07, 6.45) is 1.31. The van der Waals surface area contributed by atoms with E-state index in [0.717, 1.165) is 6.20 Å². The lowest BCUT2D eigenvalue weighted by Gasteiger charge is -2.44. The second kappa shape index (κ2) is 6.05. The molecule has 1 heterocycles. The maximum atomic E-state index is 13.0.